The highest BCUT2D eigenvalue weighted by molar-refractivity contribution is 6.33. The van der Waals surface area contributed by atoms with Gasteiger partial charge < -0.3 is 15.0 Å². The number of carbonyl (C=O) groups is 2. The first kappa shape index (κ1) is 18.5. The van der Waals surface area contributed by atoms with Gasteiger partial charge in [0.15, 0.2) is 0 Å². The van der Waals surface area contributed by atoms with Crippen molar-refractivity contribution in [3.63, 3.8) is 0 Å². The minimum absolute atomic E-state index is 0.0874. The van der Waals surface area contributed by atoms with Crippen LogP contribution in [0.5, 0.6) is 0 Å². The number of likely N-dealkylation sites (tertiary alicyclic amines) is 1. The molecule has 0 radical (unpaired) electrons. The molecule has 2 rings (SSSR count). The van der Waals surface area contributed by atoms with Crippen molar-refractivity contribution in [2.24, 2.45) is 0 Å². The minimum Gasteiger partial charge on any atom is -0.449 e. The van der Waals surface area contributed by atoms with E-state index in [-0.39, 0.29) is 22.7 Å². The van der Waals surface area contributed by atoms with E-state index in [1.807, 2.05) is 6.92 Å². The molecule has 1 heterocycles. The van der Waals surface area contributed by atoms with Crippen molar-refractivity contribution in [2.75, 3.05) is 19.7 Å². The molecule has 0 bridgehead atoms. The molecule has 0 unspecified atom stereocenters. The van der Waals surface area contributed by atoms with Gasteiger partial charge in [0.25, 0.3) is 5.91 Å². The summed E-state index contributed by atoms with van der Waals surface area (Å²) in [4.78, 5) is 25.7. The van der Waals surface area contributed by atoms with Gasteiger partial charge in [-0.25, -0.2) is 9.18 Å². The third kappa shape index (κ3) is 4.84. The molecule has 2 amide bonds. The number of nitrogens with one attached hydrogen (secondary N) is 1. The molecule has 1 aromatic rings. The molecular weight excluding hydrogens is 335 g/mol. The molecule has 0 spiro atoms. The molecular formula is C17H22ClFN2O3. The second-order valence-electron chi connectivity index (χ2n) is 5.80. The first-order valence-corrected chi connectivity index (χ1v) is 8.57. The summed E-state index contributed by atoms with van der Waals surface area (Å²) in [7, 11) is 0. The summed E-state index contributed by atoms with van der Waals surface area (Å²) in [5.41, 5.74) is -0.138. The highest BCUT2D eigenvalue weighted by Gasteiger charge is 2.26. The van der Waals surface area contributed by atoms with Crippen LogP contribution in [0, 0.1) is 5.82 Å². The first-order chi connectivity index (χ1) is 11.5. The van der Waals surface area contributed by atoms with Gasteiger partial charge in [-0.3, -0.25) is 4.79 Å². The van der Waals surface area contributed by atoms with Crippen LogP contribution in [0.15, 0.2) is 18.2 Å². The number of ether oxygens (including phenoxy) is 1. The quantitative estimate of drug-likeness (QED) is 0.820. The van der Waals surface area contributed by atoms with Crippen molar-refractivity contribution < 1.29 is 18.7 Å². The monoisotopic (exact) mass is 356 g/mol. The summed E-state index contributed by atoms with van der Waals surface area (Å²) < 4.78 is 18.9. The summed E-state index contributed by atoms with van der Waals surface area (Å²) in [5.74, 6) is -1.17. The number of carbonyl (C=O) groups excluding carboxylic acids is 2. The number of benzene rings is 1. The van der Waals surface area contributed by atoms with E-state index < -0.39 is 11.7 Å². The zero-order valence-corrected chi connectivity index (χ0v) is 14.4. The van der Waals surface area contributed by atoms with Crippen LogP contribution in [0.3, 0.4) is 0 Å². The zero-order valence-electron chi connectivity index (χ0n) is 13.7. The van der Waals surface area contributed by atoms with E-state index in [4.69, 9.17) is 16.3 Å². The number of halogens is 2. The summed E-state index contributed by atoms with van der Waals surface area (Å²) in [5, 5.41) is 2.87. The Hall–Kier alpha value is -1.82. The van der Waals surface area contributed by atoms with Crippen molar-refractivity contribution in [1.29, 1.82) is 0 Å². The average Bonchev–Trinajstić information content (AvgIpc) is 2.55. The van der Waals surface area contributed by atoms with E-state index in [2.05, 4.69) is 5.32 Å². The fourth-order valence-electron chi connectivity index (χ4n) is 2.57. The maximum Gasteiger partial charge on any atom is 0.409 e. The Labute approximate surface area is 146 Å². The highest BCUT2D eigenvalue weighted by atomic mass is 35.5. The van der Waals surface area contributed by atoms with Crippen molar-refractivity contribution in [1.82, 2.24) is 10.2 Å². The third-order valence-corrected chi connectivity index (χ3v) is 4.32. The molecule has 5 nitrogen and oxygen atoms in total. The minimum atomic E-state index is -0.642. The van der Waals surface area contributed by atoms with Crippen LogP contribution in [-0.2, 0) is 4.74 Å². The molecule has 0 saturated carbocycles. The van der Waals surface area contributed by atoms with Gasteiger partial charge in [0, 0.05) is 19.1 Å². The molecule has 1 aliphatic rings. The van der Waals surface area contributed by atoms with Gasteiger partial charge in [-0.1, -0.05) is 31.0 Å². The Kier molecular flexibility index (Phi) is 6.85. The van der Waals surface area contributed by atoms with E-state index in [1.165, 1.54) is 18.2 Å². The van der Waals surface area contributed by atoms with Crippen LogP contribution in [0.4, 0.5) is 9.18 Å². The normalized spacial score (nSPS) is 15.2. The lowest BCUT2D eigenvalue weighted by Gasteiger charge is -2.31. The van der Waals surface area contributed by atoms with Gasteiger partial charge in [-0.15, -0.1) is 0 Å². The second kappa shape index (κ2) is 8.87. The van der Waals surface area contributed by atoms with Crippen LogP contribution in [0.1, 0.15) is 43.0 Å². The van der Waals surface area contributed by atoms with Crippen LogP contribution < -0.4 is 5.32 Å². The van der Waals surface area contributed by atoms with E-state index in [0.29, 0.717) is 32.5 Å². The average molecular weight is 357 g/mol. The molecule has 132 valence electrons. The SMILES string of the molecule is CCCCOC(=O)N1CCC(NC(=O)c2c(F)cccc2Cl)CC1. The number of amides is 2. The lowest BCUT2D eigenvalue weighted by Crippen LogP contribution is -2.46. The standard InChI is InChI=1S/C17H22ClFN2O3/c1-2-3-11-24-17(23)21-9-7-12(8-10-21)20-16(22)15-13(18)5-4-6-14(15)19/h4-6,12H,2-3,7-11H2,1H3,(H,20,22). The Balaban J connectivity index is 1.83. The van der Waals surface area contributed by atoms with Crippen LogP contribution in [0.25, 0.3) is 0 Å². The van der Waals surface area contributed by atoms with Gasteiger partial charge in [-0.05, 0) is 31.4 Å². The molecule has 1 fully saturated rings. The molecule has 1 aliphatic heterocycles. The summed E-state index contributed by atoms with van der Waals surface area (Å²) in [6.45, 7) is 3.46. The van der Waals surface area contributed by atoms with Gasteiger partial charge in [0.2, 0.25) is 0 Å². The van der Waals surface area contributed by atoms with Gasteiger partial charge in [0.05, 0.1) is 17.2 Å². The maximum atomic E-state index is 13.8. The predicted octanol–water partition coefficient (Wildman–Crippen LogP) is 3.61. The molecule has 0 aliphatic carbocycles. The highest BCUT2D eigenvalue weighted by Crippen LogP contribution is 2.20. The van der Waals surface area contributed by atoms with E-state index in [1.54, 1.807) is 4.90 Å². The largest absolute Gasteiger partial charge is 0.449 e. The molecule has 24 heavy (non-hydrogen) atoms. The Bertz CT molecular complexity index is 569. The van der Waals surface area contributed by atoms with Crippen molar-refractivity contribution in [3.05, 3.63) is 34.6 Å². The number of piperidine rings is 1. The third-order valence-electron chi connectivity index (χ3n) is 4.00. The number of rotatable bonds is 5. The van der Waals surface area contributed by atoms with E-state index >= 15 is 0 Å². The predicted molar refractivity (Wildman–Crippen MR) is 89.7 cm³/mol. The van der Waals surface area contributed by atoms with Gasteiger partial charge in [-0.2, -0.15) is 0 Å². The van der Waals surface area contributed by atoms with Crippen LogP contribution in [-0.4, -0.2) is 42.6 Å². The van der Waals surface area contributed by atoms with Gasteiger partial charge in [0.1, 0.15) is 5.82 Å². The Morgan fingerprint density at radius 2 is 2.08 bits per heavy atom. The zero-order chi connectivity index (χ0) is 17.5. The lowest BCUT2D eigenvalue weighted by atomic mass is 10.0. The molecule has 0 aromatic heterocycles. The fourth-order valence-corrected chi connectivity index (χ4v) is 2.82. The molecule has 7 heteroatoms. The Morgan fingerprint density at radius 3 is 2.71 bits per heavy atom. The number of hydrogen-bond donors (Lipinski definition) is 1. The van der Waals surface area contributed by atoms with Crippen LogP contribution >= 0.6 is 11.6 Å². The molecule has 1 N–H and O–H groups in total. The van der Waals surface area contributed by atoms with E-state index in [9.17, 15) is 14.0 Å². The van der Waals surface area contributed by atoms with Gasteiger partial charge >= 0.3 is 6.09 Å². The van der Waals surface area contributed by atoms with E-state index in [0.717, 1.165) is 12.8 Å². The molecule has 1 saturated heterocycles. The topological polar surface area (TPSA) is 58.6 Å². The summed E-state index contributed by atoms with van der Waals surface area (Å²) in [6, 6.07) is 4.02. The lowest BCUT2D eigenvalue weighted by molar-refractivity contribution is 0.0834. The van der Waals surface area contributed by atoms with Crippen LogP contribution in [0.2, 0.25) is 5.02 Å². The number of unbranched alkanes of at least 4 members (excludes halogenated alkanes) is 1. The summed E-state index contributed by atoms with van der Waals surface area (Å²) in [6.07, 6.45) is 2.70. The number of hydrogen-bond acceptors (Lipinski definition) is 3. The Morgan fingerprint density at radius 1 is 1.38 bits per heavy atom. The second-order valence-corrected chi connectivity index (χ2v) is 6.21. The maximum absolute atomic E-state index is 13.8. The fraction of sp³-hybridized carbons (Fsp3) is 0.529. The smallest absolute Gasteiger partial charge is 0.409 e. The van der Waals surface area contributed by atoms with Crippen molar-refractivity contribution in [2.45, 2.75) is 38.6 Å². The first-order valence-electron chi connectivity index (χ1n) is 8.19. The van der Waals surface area contributed by atoms with Crippen molar-refractivity contribution >= 4 is 23.6 Å². The molecule has 0 atom stereocenters. The van der Waals surface area contributed by atoms with Crippen molar-refractivity contribution in [3.8, 4) is 0 Å². The summed E-state index contributed by atoms with van der Waals surface area (Å²) >= 11 is 5.90. The number of nitrogens with zero attached hydrogens (tertiary/aromatic N) is 1. The molecule has 1 aromatic carbocycles.